The lowest BCUT2D eigenvalue weighted by Gasteiger charge is -2.26. The van der Waals surface area contributed by atoms with Gasteiger partial charge in [0.1, 0.15) is 5.76 Å². The molecule has 1 heterocycles. The Kier molecular flexibility index (Phi) is 3.38. The molecule has 1 fully saturated rings. The molecule has 0 aliphatic heterocycles. The highest BCUT2D eigenvalue weighted by Gasteiger charge is 2.32. The van der Waals surface area contributed by atoms with Crippen molar-refractivity contribution in [2.75, 3.05) is 13.2 Å². The Hall–Kier alpha value is -0.870. The Bertz CT molecular complexity index is 279. The SMILES string of the molecule is OCC1(CNCc2cnco2)CCCC1. The summed E-state index contributed by atoms with van der Waals surface area (Å²) in [5, 5.41) is 12.7. The Morgan fingerprint density at radius 2 is 2.27 bits per heavy atom. The van der Waals surface area contributed by atoms with Crippen molar-refractivity contribution in [2.24, 2.45) is 5.41 Å². The number of nitrogens with one attached hydrogen (secondary N) is 1. The minimum absolute atomic E-state index is 0.111. The number of rotatable bonds is 5. The molecule has 1 aliphatic carbocycles. The molecule has 2 rings (SSSR count). The van der Waals surface area contributed by atoms with Gasteiger partial charge in [-0.3, -0.25) is 0 Å². The molecule has 84 valence electrons. The van der Waals surface area contributed by atoms with Crippen LogP contribution in [0.15, 0.2) is 17.0 Å². The maximum absolute atomic E-state index is 9.40. The molecule has 1 aromatic rings. The molecule has 4 nitrogen and oxygen atoms in total. The number of oxazole rings is 1. The third kappa shape index (κ3) is 2.58. The highest BCUT2D eigenvalue weighted by atomic mass is 16.3. The summed E-state index contributed by atoms with van der Waals surface area (Å²) in [6.07, 6.45) is 7.90. The molecule has 0 spiro atoms. The van der Waals surface area contributed by atoms with Crippen molar-refractivity contribution in [3.8, 4) is 0 Å². The number of hydrogen-bond donors (Lipinski definition) is 2. The van der Waals surface area contributed by atoms with E-state index in [0.29, 0.717) is 6.54 Å². The smallest absolute Gasteiger partial charge is 0.180 e. The topological polar surface area (TPSA) is 58.3 Å². The zero-order valence-electron chi connectivity index (χ0n) is 8.91. The predicted molar refractivity (Wildman–Crippen MR) is 56.2 cm³/mol. The van der Waals surface area contributed by atoms with Gasteiger partial charge in [-0.1, -0.05) is 12.8 Å². The predicted octanol–water partition coefficient (Wildman–Crippen LogP) is 1.32. The standard InChI is InChI=1S/C11H18N2O2/c14-8-11(3-1-2-4-11)7-12-5-10-6-13-9-15-10/h6,9,12,14H,1-5,7-8H2. The van der Waals surface area contributed by atoms with Gasteiger partial charge < -0.3 is 14.8 Å². The Labute approximate surface area is 89.7 Å². The Morgan fingerprint density at radius 1 is 1.47 bits per heavy atom. The number of aliphatic hydroxyl groups is 1. The quantitative estimate of drug-likeness (QED) is 0.769. The molecule has 1 aliphatic rings. The summed E-state index contributed by atoms with van der Waals surface area (Å²) in [6.45, 7) is 1.85. The van der Waals surface area contributed by atoms with Crippen LogP contribution >= 0.6 is 0 Å². The normalized spacial score (nSPS) is 19.5. The molecule has 2 N–H and O–H groups in total. The summed E-state index contributed by atoms with van der Waals surface area (Å²) in [5.41, 5.74) is 0.111. The second-order valence-corrected chi connectivity index (χ2v) is 4.44. The Balaban J connectivity index is 1.77. The van der Waals surface area contributed by atoms with Crippen LogP contribution < -0.4 is 5.32 Å². The second-order valence-electron chi connectivity index (χ2n) is 4.44. The summed E-state index contributed by atoms with van der Waals surface area (Å²) >= 11 is 0. The van der Waals surface area contributed by atoms with Crippen LogP contribution in [-0.2, 0) is 6.54 Å². The minimum atomic E-state index is 0.111. The molecular weight excluding hydrogens is 192 g/mol. The summed E-state index contributed by atoms with van der Waals surface area (Å²) in [5.74, 6) is 0.848. The van der Waals surface area contributed by atoms with Gasteiger partial charge in [-0.25, -0.2) is 4.98 Å². The average molecular weight is 210 g/mol. The van der Waals surface area contributed by atoms with Gasteiger partial charge >= 0.3 is 0 Å². The molecule has 0 atom stereocenters. The maximum atomic E-state index is 9.40. The molecular formula is C11H18N2O2. The highest BCUT2D eigenvalue weighted by molar-refractivity contribution is 4.90. The summed E-state index contributed by atoms with van der Waals surface area (Å²) in [4.78, 5) is 3.85. The van der Waals surface area contributed by atoms with Crippen molar-refractivity contribution in [1.82, 2.24) is 10.3 Å². The lowest BCUT2D eigenvalue weighted by molar-refractivity contribution is 0.127. The molecule has 1 saturated carbocycles. The van der Waals surface area contributed by atoms with Gasteiger partial charge in [-0.15, -0.1) is 0 Å². The van der Waals surface area contributed by atoms with E-state index in [2.05, 4.69) is 10.3 Å². The molecule has 0 unspecified atom stereocenters. The third-order valence-corrected chi connectivity index (χ3v) is 3.28. The average Bonchev–Trinajstić information content (AvgIpc) is 2.89. The fourth-order valence-electron chi connectivity index (χ4n) is 2.30. The third-order valence-electron chi connectivity index (χ3n) is 3.28. The van der Waals surface area contributed by atoms with Gasteiger partial charge in [-0.2, -0.15) is 0 Å². The van der Waals surface area contributed by atoms with Crippen LogP contribution in [0.1, 0.15) is 31.4 Å². The number of nitrogens with zero attached hydrogens (tertiary/aromatic N) is 1. The first kappa shape index (κ1) is 10.6. The van der Waals surface area contributed by atoms with Gasteiger partial charge in [0, 0.05) is 18.6 Å². The summed E-state index contributed by atoms with van der Waals surface area (Å²) in [7, 11) is 0. The molecule has 0 radical (unpaired) electrons. The molecule has 0 amide bonds. The molecule has 0 aromatic carbocycles. The first-order valence-electron chi connectivity index (χ1n) is 5.54. The van der Waals surface area contributed by atoms with Gasteiger partial charge in [0.15, 0.2) is 6.39 Å². The monoisotopic (exact) mass is 210 g/mol. The van der Waals surface area contributed by atoms with Crippen LogP contribution in [0.5, 0.6) is 0 Å². The van der Waals surface area contributed by atoms with Crippen LogP contribution in [-0.4, -0.2) is 23.2 Å². The molecule has 4 heteroatoms. The number of aliphatic hydroxyl groups excluding tert-OH is 1. The Morgan fingerprint density at radius 3 is 2.87 bits per heavy atom. The fraction of sp³-hybridized carbons (Fsp3) is 0.727. The first-order chi connectivity index (χ1) is 7.35. The van der Waals surface area contributed by atoms with Crippen molar-refractivity contribution in [3.63, 3.8) is 0 Å². The van der Waals surface area contributed by atoms with Gasteiger partial charge in [0.2, 0.25) is 0 Å². The summed E-state index contributed by atoms with van der Waals surface area (Å²) < 4.78 is 5.13. The zero-order valence-corrected chi connectivity index (χ0v) is 8.91. The van der Waals surface area contributed by atoms with E-state index in [1.807, 2.05) is 0 Å². The van der Waals surface area contributed by atoms with E-state index in [-0.39, 0.29) is 12.0 Å². The molecule has 0 saturated heterocycles. The van der Waals surface area contributed by atoms with Gasteiger partial charge in [-0.05, 0) is 12.8 Å². The van der Waals surface area contributed by atoms with E-state index < -0.39 is 0 Å². The largest absolute Gasteiger partial charge is 0.447 e. The number of aromatic nitrogens is 1. The lowest BCUT2D eigenvalue weighted by atomic mass is 9.87. The van der Waals surface area contributed by atoms with E-state index in [0.717, 1.165) is 25.1 Å². The zero-order chi connectivity index (χ0) is 10.6. The summed E-state index contributed by atoms with van der Waals surface area (Å²) in [6, 6.07) is 0. The van der Waals surface area contributed by atoms with Crippen LogP contribution in [0, 0.1) is 5.41 Å². The van der Waals surface area contributed by atoms with Crippen molar-refractivity contribution in [3.05, 3.63) is 18.4 Å². The van der Waals surface area contributed by atoms with Crippen LogP contribution in [0.4, 0.5) is 0 Å². The fourth-order valence-corrected chi connectivity index (χ4v) is 2.30. The second kappa shape index (κ2) is 4.77. The molecule has 1 aromatic heterocycles. The van der Waals surface area contributed by atoms with E-state index in [1.54, 1.807) is 6.20 Å². The van der Waals surface area contributed by atoms with E-state index in [1.165, 1.54) is 19.2 Å². The molecule has 15 heavy (non-hydrogen) atoms. The van der Waals surface area contributed by atoms with E-state index in [4.69, 9.17) is 4.42 Å². The minimum Gasteiger partial charge on any atom is -0.447 e. The first-order valence-corrected chi connectivity index (χ1v) is 5.54. The van der Waals surface area contributed by atoms with E-state index in [9.17, 15) is 5.11 Å². The highest BCUT2D eigenvalue weighted by Crippen LogP contribution is 2.36. The van der Waals surface area contributed by atoms with Crippen molar-refractivity contribution in [2.45, 2.75) is 32.2 Å². The van der Waals surface area contributed by atoms with Gasteiger partial charge in [0.05, 0.1) is 12.7 Å². The van der Waals surface area contributed by atoms with E-state index >= 15 is 0 Å². The maximum Gasteiger partial charge on any atom is 0.180 e. The van der Waals surface area contributed by atoms with Crippen LogP contribution in [0.2, 0.25) is 0 Å². The van der Waals surface area contributed by atoms with Crippen LogP contribution in [0.3, 0.4) is 0 Å². The van der Waals surface area contributed by atoms with Crippen LogP contribution in [0.25, 0.3) is 0 Å². The van der Waals surface area contributed by atoms with Crippen molar-refractivity contribution < 1.29 is 9.52 Å². The molecule has 0 bridgehead atoms. The van der Waals surface area contributed by atoms with Gasteiger partial charge in [0.25, 0.3) is 0 Å². The number of hydrogen-bond acceptors (Lipinski definition) is 4. The van der Waals surface area contributed by atoms with Crippen molar-refractivity contribution >= 4 is 0 Å². The lowest BCUT2D eigenvalue weighted by Crippen LogP contribution is -2.34. The van der Waals surface area contributed by atoms with Crippen molar-refractivity contribution in [1.29, 1.82) is 0 Å².